The van der Waals surface area contributed by atoms with Gasteiger partial charge in [-0.25, -0.2) is 9.18 Å². The summed E-state index contributed by atoms with van der Waals surface area (Å²) in [4.78, 5) is 11.1. The zero-order valence-corrected chi connectivity index (χ0v) is 17.8. The molecule has 2 nitrogen and oxygen atoms in total. The Morgan fingerprint density at radius 1 is 0.800 bits per heavy atom. The Labute approximate surface area is 178 Å². The molecular weight excluding hydrogens is 375 g/mol. The van der Waals surface area contributed by atoms with Gasteiger partial charge >= 0.3 is 5.97 Å². The van der Waals surface area contributed by atoms with E-state index >= 15 is 0 Å². The number of carboxylic acids is 1. The van der Waals surface area contributed by atoms with Crippen molar-refractivity contribution >= 4 is 16.7 Å². The Kier molecular flexibility index (Phi) is 8.01. The van der Waals surface area contributed by atoms with Crippen LogP contribution in [0.3, 0.4) is 0 Å². The quantitative estimate of drug-likeness (QED) is 0.327. The average Bonchev–Trinajstić information content (AvgIpc) is 2.75. The van der Waals surface area contributed by atoms with Crippen LogP contribution in [0.2, 0.25) is 0 Å². The SMILES string of the molecule is CCCCCCCCCCc1ccc(-c2ccc3cc(C(=O)O)ccc3c2)c(F)c1. The number of rotatable bonds is 11. The molecule has 0 aliphatic carbocycles. The molecule has 0 atom stereocenters. The van der Waals surface area contributed by atoms with E-state index in [9.17, 15) is 9.18 Å². The lowest BCUT2D eigenvalue weighted by molar-refractivity contribution is 0.0697. The van der Waals surface area contributed by atoms with E-state index in [1.165, 1.54) is 44.9 Å². The standard InChI is InChI=1S/C27H31FO2/c1-2-3-4-5-6-7-8-9-10-20-11-16-25(26(28)17-20)23-14-12-22-19-24(27(29)30)15-13-21(22)18-23/h11-19H,2-10H2,1H3,(H,29,30). The summed E-state index contributed by atoms with van der Waals surface area (Å²) in [6.07, 6.45) is 11.1. The molecule has 0 amide bonds. The summed E-state index contributed by atoms with van der Waals surface area (Å²) in [5, 5.41) is 10.9. The number of aryl methyl sites for hydroxylation is 1. The number of halogens is 1. The maximum absolute atomic E-state index is 14.8. The summed E-state index contributed by atoms with van der Waals surface area (Å²) < 4.78 is 14.8. The number of carboxylic acid groups (broad SMARTS) is 1. The molecule has 30 heavy (non-hydrogen) atoms. The molecule has 0 aromatic heterocycles. The van der Waals surface area contributed by atoms with Gasteiger partial charge in [-0.2, -0.15) is 0 Å². The molecule has 3 rings (SSSR count). The lowest BCUT2D eigenvalue weighted by Gasteiger charge is -2.09. The highest BCUT2D eigenvalue weighted by Gasteiger charge is 2.09. The predicted molar refractivity (Wildman–Crippen MR) is 123 cm³/mol. The molecule has 0 saturated heterocycles. The van der Waals surface area contributed by atoms with Crippen molar-refractivity contribution in [2.24, 2.45) is 0 Å². The normalized spacial score (nSPS) is 11.1. The van der Waals surface area contributed by atoms with Crippen LogP contribution in [-0.2, 0) is 6.42 Å². The van der Waals surface area contributed by atoms with Crippen molar-refractivity contribution in [2.75, 3.05) is 0 Å². The van der Waals surface area contributed by atoms with Crippen LogP contribution in [-0.4, -0.2) is 11.1 Å². The highest BCUT2D eigenvalue weighted by atomic mass is 19.1. The average molecular weight is 407 g/mol. The molecule has 0 fully saturated rings. The van der Waals surface area contributed by atoms with E-state index in [4.69, 9.17) is 5.11 Å². The maximum atomic E-state index is 14.8. The van der Waals surface area contributed by atoms with E-state index in [1.54, 1.807) is 24.3 Å². The molecule has 1 N–H and O–H groups in total. The van der Waals surface area contributed by atoms with Crippen molar-refractivity contribution < 1.29 is 14.3 Å². The van der Waals surface area contributed by atoms with Crippen molar-refractivity contribution in [1.29, 1.82) is 0 Å². The lowest BCUT2D eigenvalue weighted by Crippen LogP contribution is -1.95. The van der Waals surface area contributed by atoms with Gasteiger partial charge in [0.15, 0.2) is 0 Å². The number of fused-ring (bicyclic) bond motifs is 1. The van der Waals surface area contributed by atoms with Crippen LogP contribution >= 0.6 is 0 Å². The first-order valence-electron chi connectivity index (χ1n) is 11.1. The molecule has 0 aliphatic rings. The summed E-state index contributed by atoms with van der Waals surface area (Å²) in [5.41, 5.74) is 2.70. The first-order valence-corrected chi connectivity index (χ1v) is 11.1. The molecule has 158 valence electrons. The van der Waals surface area contributed by atoms with Crippen LogP contribution in [0.1, 0.15) is 74.2 Å². The third-order valence-electron chi connectivity index (χ3n) is 5.75. The van der Waals surface area contributed by atoms with Crippen molar-refractivity contribution in [1.82, 2.24) is 0 Å². The highest BCUT2D eigenvalue weighted by Crippen LogP contribution is 2.28. The van der Waals surface area contributed by atoms with Crippen molar-refractivity contribution in [2.45, 2.75) is 64.7 Å². The van der Waals surface area contributed by atoms with Crippen molar-refractivity contribution in [3.05, 3.63) is 71.5 Å². The van der Waals surface area contributed by atoms with Gasteiger partial charge in [-0.3, -0.25) is 0 Å². The lowest BCUT2D eigenvalue weighted by atomic mass is 9.97. The molecule has 0 heterocycles. The summed E-state index contributed by atoms with van der Waals surface area (Å²) in [6, 6.07) is 16.2. The van der Waals surface area contributed by atoms with Gasteiger partial charge in [0.25, 0.3) is 0 Å². The molecule has 3 heteroatoms. The summed E-state index contributed by atoms with van der Waals surface area (Å²) >= 11 is 0. The molecular formula is C27H31FO2. The third-order valence-corrected chi connectivity index (χ3v) is 5.75. The van der Waals surface area contributed by atoms with Crippen LogP contribution in [0, 0.1) is 5.82 Å². The number of benzene rings is 3. The Morgan fingerprint density at radius 3 is 2.17 bits per heavy atom. The number of hydrogen-bond acceptors (Lipinski definition) is 1. The van der Waals surface area contributed by atoms with Gasteiger partial charge in [0.05, 0.1) is 5.56 Å². The maximum Gasteiger partial charge on any atom is 0.335 e. The minimum absolute atomic E-state index is 0.200. The number of carbonyl (C=O) groups is 1. The van der Waals surface area contributed by atoms with Gasteiger partial charge in [0.1, 0.15) is 5.82 Å². The van der Waals surface area contributed by atoms with Crippen LogP contribution in [0.15, 0.2) is 54.6 Å². The van der Waals surface area contributed by atoms with E-state index in [2.05, 4.69) is 6.92 Å². The highest BCUT2D eigenvalue weighted by molar-refractivity contribution is 5.95. The largest absolute Gasteiger partial charge is 0.478 e. The Hall–Kier alpha value is -2.68. The summed E-state index contributed by atoms with van der Waals surface area (Å²) in [6.45, 7) is 2.24. The molecule has 3 aromatic carbocycles. The number of unbranched alkanes of at least 4 members (excludes halogenated alkanes) is 7. The van der Waals surface area contributed by atoms with E-state index in [-0.39, 0.29) is 11.4 Å². The van der Waals surface area contributed by atoms with Gasteiger partial charge in [0.2, 0.25) is 0 Å². The zero-order valence-electron chi connectivity index (χ0n) is 17.8. The van der Waals surface area contributed by atoms with E-state index in [0.717, 1.165) is 34.7 Å². The second-order valence-corrected chi connectivity index (χ2v) is 8.12. The monoisotopic (exact) mass is 406 g/mol. The Morgan fingerprint density at radius 2 is 1.47 bits per heavy atom. The first-order chi connectivity index (χ1) is 14.6. The van der Waals surface area contributed by atoms with Gasteiger partial charge < -0.3 is 5.11 Å². The van der Waals surface area contributed by atoms with Crippen molar-refractivity contribution in [3.8, 4) is 11.1 Å². The number of hydrogen-bond donors (Lipinski definition) is 1. The number of aromatic carboxylic acids is 1. The molecule has 3 aromatic rings. The molecule has 0 unspecified atom stereocenters. The van der Waals surface area contributed by atoms with E-state index in [1.807, 2.05) is 30.3 Å². The summed E-state index contributed by atoms with van der Waals surface area (Å²) in [5.74, 6) is -1.15. The van der Waals surface area contributed by atoms with Crippen LogP contribution in [0.25, 0.3) is 21.9 Å². The second-order valence-electron chi connectivity index (χ2n) is 8.12. The fourth-order valence-corrected chi connectivity index (χ4v) is 3.96. The third kappa shape index (κ3) is 5.91. The fraction of sp³-hybridized carbons (Fsp3) is 0.370. The van der Waals surface area contributed by atoms with Crippen molar-refractivity contribution in [3.63, 3.8) is 0 Å². The first kappa shape index (κ1) is 22.0. The molecule has 0 aliphatic heterocycles. The molecule has 0 radical (unpaired) electrons. The topological polar surface area (TPSA) is 37.3 Å². The fourth-order valence-electron chi connectivity index (χ4n) is 3.96. The van der Waals surface area contributed by atoms with Crippen LogP contribution < -0.4 is 0 Å². The minimum atomic E-state index is -0.945. The Bertz CT molecular complexity index is 993. The Balaban J connectivity index is 1.59. The minimum Gasteiger partial charge on any atom is -0.478 e. The van der Waals surface area contributed by atoms with Gasteiger partial charge in [-0.1, -0.05) is 82.2 Å². The molecule has 0 bridgehead atoms. The summed E-state index contributed by atoms with van der Waals surface area (Å²) in [7, 11) is 0. The van der Waals surface area contributed by atoms with Gasteiger partial charge in [-0.15, -0.1) is 0 Å². The van der Waals surface area contributed by atoms with E-state index in [0.29, 0.717) is 5.56 Å². The second kappa shape index (κ2) is 10.9. The molecule has 0 spiro atoms. The molecule has 0 saturated carbocycles. The zero-order chi connectivity index (χ0) is 21.3. The van der Waals surface area contributed by atoms with Gasteiger partial charge in [0, 0.05) is 5.56 Å². The van der Waals surface area contributed by atoms with E-state index < -0.39 is 5.97 Å². The smallest absolute Gasteiger partial charge is 0.335 e. The van der Waals surface area contributed by atoms with Crippen LogP contribution in [0.5, 0.6) is 0 Å². The predicted octanol–water partition coefficient (Wildman–Crippen LogP) is 8.03. The van der Waals surface area contributed by atoms with Gasteiger partial charge in [-0.05, 0) is 59.0 Å². The van der Waals surface area contributed by atoms with Crippen LogP contribution in [0.4, 0.5) is 4.39 Å².